The van der Waals surface area contributed by atoms with Gasteiger partial charge in [-0.15, -0.1) is 0 Å². The van der Waals surface area contributed by atoms with Gasteiger partial charge in [0.1, 0.15) is 5.75 Å². The highest BCUT2D eigenvalue weighted by Gasteiger charge is 2.21. The summed E-state index contributed by atoms with van der Waals surface area (Å²) < 4.78 is 5.42. The molecule has 0 amide bonds. The summed E-state index contributed by atoms with van der Waals surface area (Å²) in [5, 5.41) is 9.47. The van der Waals surface area contributed by atoms with Crippen LogP contribution in [0.4, 0.5) is 0 Å². The molecule has 0 saturated carbocycles. The van der Waals surface area contributed by atoms with E-state index < -0.39 is 5.97 Å². The Balaban J connectivity index is 1.90. The Morgan fingerprint density at radius 2 is 2.32 bits per heavy atom. The summed E-state index contributed by atoms with van der Waals surface area (Å²) in [4.78, 5) is 13.0. The molecule has 122 valence electrons. The summed E-state index contributed by atoms with van der Waals surface area (Å²) in [7, 11) is 1.69. The van der Waals surface area contributed by atoms with Gasteiger partial charge in [0.15, 0.2) is 0 Å². The standard InChI is InChI=1S/C17H24ClNO3/c1-22-16-7-6-15(18)11-14(16)10-13-4-2-8-19(12-13)9-3-5-17(20)21/h6-7,11,13H,2-5,8-10,12H2,1H3,(H,20,21). The second-order valence-electron chi connectivity index (χ2n) is 5.97. The summed E-state index contributed by atoms with van der Waals surface area (Å²) in [6, 6.07) is 5.76. The van der Waals surface area contributed by atoms with Crippen LogP contribution < -0.4 is 4.74 Å². The Kier molecular flexibility index (Phi) is 6.52. The average Bonchev–Trinajstić information content (AvgIpc) is 2.47. The van der Waals surface area contributed by atoms with Crippen LogP contribution in [0.1, 0.15) is 31.2 Å². The van der Waals surface area contributed by atoms with Gasteiger partial charge in [-0.1, -0.05) is 11.6 Å². The van der Waals surface area contributed by atoms with Gasteiger partial charge in [0.25, 0.3) is 0 Å². The molecule has 1 aliphatic rings. The second-order valence-corrected chi connectivity index (χ2v) is 6.40. The number of nitrogens with zero attached hydrogens (tertiary/aromatic N) is 1. The minimum atomic E-state index is -0.711. The molecule has 22 heavy (non-hydrogen) atoms. The fourth-order valence-electron chi connectivity index (χ4n) is 3.19. The molecule has 1 aromatic rings. The van der Waals surface area contributed by atoms with Crippen molar-refractivity contribution >= 4 is 17.6 Å². The maximum atomic E-state index is 10.6. The molecule has 1 unspecified atom stereocenters. The first-order valence-corrected chi connectivity index (χ1v) is 8.23. The van der Waals surface area contributed by atoms with E-state index >= 15 is 0 Å². The molecule has 1 saturated heterocycles. The van der Waals surface area contributed by atoms with Gasteiger partial charge < -0.3 is 14.7 Å². The lowest BCUT2D eigenvalue weighted by atomic mass is 9.91. The van der Waals surface area contributed by atoms with Crippen molar-refractivity contribution < 1.29 is 14.6 Å². The molecule has 2 rings (SSSR count). The zero-order chi connectivity index (χ0) is 15.9. The van der Waals surface area contributed by atoms with E-state index in [0.29, 0.717) is 5.92 Å². The van der Waals surface area contributed by atoms with Gasteiger partial charge in [0, 0.05) is 18.0 Å². The van der Waals surface area contributed by atoms with Crippen molar-refractivity contribution in [3.05, 3.63) is 28.8 Å². The number of carboxylic acids is 1. The fraction of sp³-hybridized carbons (Fsp3) is 0.588. The van der Waals surface area contributed by atoms with Crippen LogP contribution in [0, 0.1) is 5.92 Å². The number of hydrogen-bond donors (Lipinski definition) is 1. The summed E-state index contributed by atoms with van der Waals surface area (Å²) in [6.07, 6.45) is 4.30. The lowest BCUT2D eigenvalue weighted by molar-refractivity contribution is -0.137. The van der Waals surface area contributed by atoms with Gasteiger partial charge in [-0.05, 0) is 68.5 Å². The number of carboxylic acid groups (broad SMARTS) is 1. The number of carbonyl (C=O) groups is 1. The predicted molar refractivity (Wildman–Crippen MR) is 87.7 cm³/mol. The van der Waals surface area contributed by atoms with Crippen molar-refractivity contribution in [2.45, 2.75) is 32.1 Å². The number of piperidine rings is 1. The smallest absolute Gasteiger partial charge is 0.303 e. The van der Waals surface area contributed by atoms with Crippen LogP contribution in [0.3, 0.4) is 0 Å². The highest BCUT2D eigenvalue weighted by molar-refractivity contribution is 6.30. The van der Waals surface area contributed by atoms with Gasteiger partial charge in [-0.25, -0.2) is 0 Å². The summed E-state index contributed by atoms with van der Waals surface area (Å²) in [5.41, 5.74) is 1.16. The highest BCUT2D eigenvalue weighted by atomic mass is 35.5. The molecule has 1 aromatic carbocycles. The predicted octanol–water partition coefficient (Wildman–Crippen LogP) is 3.47. The number of aliphatic carboxylic acids is 1. The minimum absolute atomic E-state index is 0.253. The van der Waals surface area contributed by atoms with E-state index in [9.17, 15) is 4.79 Å². The molecule has 0 bridgehead atoms. The lowest BCUT2D eigenvalue weighted by Gasteiger charge is -2.33. The number of hydrogen-bond acceptors (Lipinski definition) is 3. The van der Waals surface area contributed by atoms with E-state index in [1.54, 1.807) is 7.11 Å². The summed E-state index contributed by atoms with van der Waals surface area (Å²) in [6.45, 7) is 2.97. The van der Waals surface area contributed by atoms with Crippen LogP contribution in [0.5, 0.6) is 5.75 Å². The molecule has 1 fully saturated rings. The Morgan fingerprint density at radius 1 is 1.50 bits per heavy atom. The molecule has 1 N–H and O–H groups in total. The third kappa shape index (κ3) is 5.18. The van der Waals surface area contributed by atoms with Crippen molar-refractivity contribution in [3.8, 4) is 5.75 Å². The van der Waals surface area contributed by atoms with Crippen LogP contribution in [-0.2, 0) is 11.2 Å². The number of methoxy groups -OCH3 is 1. The molecule has 5 heteroatoms. The summed E-state index contributed by atoms with van der Waals surface area (Å²) in [5.74, 6) is 0.760. The van der Waals surface area contributed by atoms with Crippen LogP contribution >= 0.6 is 11.6 Å². The largest absolute Gasteiger partial charge is 0.496 e. The molecule has 1 heterocycles. The number of likely N-dealkylation sites (tertiary alicyclic amines) is 1. The van der Waals surface area contributed by atoms with Crippen molar-refractivity contribution in [2.75, 3.05) is 26.7 Å². The number of ether oxygens (including phenoxy) is 1. The van der Waals surface area contributed by atoms with Gasteiger partial charge in [0.2, 0.25) is 0 Å². The molecular formula is C17H24ClNO3. The monoisotopic (exact) mass is 325 g/mol. The second kappa shape index (κ2) is 8.39. The first-order valence-electron chi connectivity index (χ1n) is 7.85. The minimum Gasteiger partial charge on any atom is -0.496 e. The van der Waals surface area contributed by atoms with Crippen molar-refractivity contribution in [1.82, 2.24) is 4.90 Å². The molecule has 0 radical (unpaired) electrons. The Labute approximate surface area is 137 Å². The van der Waals surface area contributed by atoms with E-state index in [0.717, 1.165) is 48.8 Å². The number of rotatable bonds is 7. The zero-order valence-electron chi connectivity index (χ0n) is 13.1. The van der Waals surface area contributed by atoms with E-state index in [1.807, 2.05) is 18.2 Å². The van der Waals surface area contributed by atoms with Crippen LogP contribution in [0.15, 0.2) is 18.2 Å². The van der Waals surface area contributed by atoms with Gasteiger partial charge in [-0.2, -0.15) is 0 Å². The summed E-state index contributed by atoms with van der Waals surface area (Å²) >= 11 is 6.10. The molecular weight excluding hydrogens is 302 g/mol. The Bertz CT molecular complexity index is 507. The average molecular weight is 326 g/mol. The zero-order valence-corrected chi connectivity index (χ0v) is 13.8. The van der Waals surface area contributed by atoms with Gasteiger partial charge >= 0.3 is 5.97 Å². The van der Waals surface area contributed by atoms with E-state index in [2.05, 4.69) is 4.90 Å². The van der Waals surface area contributed by atoms with Crippen LogP contribution in [0.2, 0.25) is 5.02 Å². The van der Waals surface area contributed by atoms with Crippen LogP contribution in [-0.4, -0.2) is 42.7 Å². The lowest BCUT2D eigenvalue weighted by Crippen LogP contribution is -2.37. The maximum Gasteiger partial charge on any atom is 0.303 e. The quantitative estimate of drug-likeness (QED) is 0.834. The van der Waals surface area contributed by atoms with Crippen molar-refractivity contribution in [3.63, 3.8) is 0 Å². The molecule has 0 aliphatic carbocycles. The van der Waals surface area contributed by atoms with E-state index in [1.165, 1.54) is 12.8 Å². The van der Waals surface area contributed by atoms with Crippen molar-refractivity contribution in [2.24, 2.45) is 5.92 Å². The van der Waals surface area contributed by atoms with E-state index in [4.69, 9.17) is 21.4 Å². The first-order chi connectivity index (χ1) is 10.6. The van der Waals surface area contributed by atoms with E-state index in [-0.39, 0.29) is 6.42 Å². The Morgan fingerprint density at radius 3 is 3.05 bits per heavy atom. The Hall–Kier alpha value is -1.26. The number of halogens is 1. The van der Waals surface area contributed by atoms with Crippen molar-refractivity contribution in [1.29, 1.82) is 0 Å². The molecule has 1 aliphatic heterocycles. The fourth-order valence-corrected chi connectivity index (χ4v) is 3.39. The third-order valence-electron chi connectivity index (χ3n) is 4.22. The molecule has 4 nitrogen and oxygen atoms in total. The third-order valence-corrected chi connectivity index (χ3v) is 4.45. The molecule has 1 atom stereocenters. The highest BCUT2D eigenvalue weighted by Crippen LogP contribution is 2.28. The normalized spacial score (nSPS) is 19.1. The topological polar surface area (TPSA) is 49.8 Å². The van der Waals surface area contributed by atoms with Crippen LogP contribution in [0.25, 0.3) is 0 Å². The molecule has 0 aromatic heterocycles. The SMILES string of the molecule is COc1ccc(Cl)cc1CC1CCCN(CCCC(=O)O)C1. The van der Waals surface area contributed by atoms with Gasteiger partial charge in [0.05, 0.1) is 7.11 Å². The maximum absolute atomic E-state index is 10.6. The molecule has 0 spiro atoms. The van der Waals surface area contributed by atoms with Gasteiger partial charge in [-0.3, -0.25) is 4.79 Å². The first kappa shape index (κ1) is 17.1. The number of benzene rings is 1.